The van der Waals surface area contributed by atoms with E-state index in [1.54, 1.807) is 16.7 Å². The first kappa shape index (κ1) is 36.1. The first-order valence-corrected chi connectivity index (χ1v) is 17.5. The quantitative estimate of drug-likeness (QED) is 0.224. The van der Waals surface area contributed by atoms with E-state index in [2.05, 4.69) is 20.6 Å². The molecule has 1 atom stereocenters. The van der Waals surface area contributed by atoms with Crippen molar-refractivity contribution in [2.75, 3.05) is 39.3 Å². The summed E-state index contributed by atoms with van der Waals surface area (Å²) in [6, 6.07) is 19.4. The smallest absolute Gasteiger partial charge is 0.409 e. The van der Waals surface area contributed by atoms with Crippen LogP contribution in [0.1, 0.15) is 67.9 Å². The van der Waals surface area contributed by atoms with Crippen molar-refractivity contribution >= 4 is 24.0 Å². The second-order valence-corrected chi connectivity index (χ2v) is 12.3. The molecular weight excluding hydrogens is 640 g/mol. The number of benzene rings is 2. The number of alkyl carbamates (subject to hydrolysis) is 1. The van der Waals surface area contributed by atoms with Gasteiger partial charge in [-0.05, 0) is 57.4 Å². The average Bonchev–Trinajstić information content (AvgIpc) is 3.67. The Bertz CT molecular complexity index is 1560. The van der Waals surface area contributed by atoms with Gasteiger partial charge in [-0.3, -0.25) is 9.59 Å². The van der Waals surface area contributed by atoms with Gasteiger partial charge in [0.25, 0.3) is 5.91 Å². The second kappa shape index (κ2) is 18.5. The van der Waals surface area contributed by atoms with Crippen LogP contribution in [0.25, 0.3) is 11.4 Å². The van der Waals surface area contributed by atoms with E-state index in [-0.39, 0.29) is 30.9 Å². The van der Waals surface area contributed by atoms with E-state index in [1.807, 2.05) is 60.7 Å². The molecule has 0 spiro atoms. The fraction of sp³-hybridized carbons (Fsp3) is 0.459. The second-order valence-electron chi connectivity index (χ2n) is 12.3. The van der Waals surface area contributed by atoms with Crippen LogP contribution in [-0.4, -0.2) is 95.2 Å². The van der Waals surface area contributed by atoms with Gasteiger partial charge in [0.15, 0.2) is 5.82 Å². The zero-order valence-electron chi connectivity index (χ0n) is 28.6. The van der Waals surface area contributed by atoms with Gasteiger partial charge in [-0.15, -0.1) is 0 Å². The van der Waals surface area contributed by atoms with Gasteiger partial charge < -0.3 is 34.6 Å². The van der Waals surface area contributed by atoms with Crippen molar-refractivity contribution in [3.63, 3.8) is 0 Å². The molecule has 2 aliphatic rings. The predicted molar refractivity (Wildman–Crippen MR) is 185 cm³/mol. The summed E-state index contributed by atoms with van der Waals surface area (Å²) in [6.45, 7) is 3.80. The molecule has 4 amide bonds. The molecule has 0 bridgehead atoms. The first-order chi connectivity index (χ1) is 24.4. The number of carbonyl (C=O) groups is 4. The van der Waals surface area contributed by atoms with Crippen molar-refractivity contribution in [2.24, 2.45) is 0 Å². The Labute approximate surface area is 292 Å². The Morgan fingerprint density at radius 3 is 2.24 bits per heavy atom. The Kier molecular flexibility index (Phi) is 13.4. The van der Waals surface area contributed by atoms with Gasteiger partial charge in [0.05, 0.1) is 6.61 Å². The monoisotopic (exact) mass is 686 g/mol. The molecule has 2 aromatic carbocycles. The van der Waals surface area contributed by atoms with Crippen LogP contribution >= 0.6 is 0 Å². The maximum atomic E-state index is 13.9. The Morgan fingerprint density at radius 2 is 1.54 bits per heavy atom. The maximum absolute atomic E-state index is 13.9. The van der Waals surface area contributed by atoms with E-state index in [4.69, 9.17) is 14.2 Å². The highest BCUT2D eigenvalue weighted by molar-refractivity contribution is 5.96. The lowest BCUT2D eigenvalue weighted by atomic mass is 10.1. The molecule has 1 aromatic heterocycles. The highest BCUT2D eigenvalue weighted by Gasteiger charge is 2.31. The van der Waals surface area contributed by atoms with E-state index in [1.165, 1.54) is 6.07 Å². The number of ether oxygens (including phenoxy) is 3. The highest BCUT2D eigenvalue weighted by Crippen LogP contribution is 2.25. The molecule has 2 N–H and O–H groups in total. The number of carbonyl (C=O) groups excluding carboxylic acids is 4. The summed E-state index contributed by atoms with van der Waals surface area (Å²) in [4.78, 5) is 64.5. The molecule has 13 heteroatoms. The summed E-state index contributed by atoms with van der Waals surface area (Å²) in [5, 5.41) is 5.67. The Balaban J connectivity index is 1.24. The fourth-order valence-electron chi connectivity index (χ4n) is 5.97. The molecule has 1 aliphatic carbocycles. The van der Waals surface area contributed by atoms with Gasteiger partial charge >= 0.3 is 12.2 Å². The van der Waals surface area contributed by atoms with Crippen LogP contribution in [-0.2, 0) is 20.9 Å². The predicted octanol–water partition coefficient (Wildman–Crippen LogP) is 4.96. The van der Waals surface area contributed by atoms with Crippen LogP contribution in [0.3, 0.4) is 0 Å². The summed E-state index contributed by atoms with van der Waals surface area (Å²) in [5.41, 5.74) is 1.72. The van der Waals surface area contributed by atoms with Crippen molar-refractivity contribution in [1.82, 2.24) is 30.4 Å². The molecule has 5 rings (SSSR count). The molecule has 1 saturated carbocycles. The number of amides is 4. The third-order valence-corrected chi connectivity index (χ3v) is 8.68. The summed E-state index contributed by atoms with van der Waals surface area (Å²) in [6.07, 6.45) is 4.51. The van der Waals surface area contributed by atoms with E-state index >= 15 is 0 Å². The van der Waals surface area contributed by atoms with Gasteiger partial charge in [0.2, 0.25) is 11.8 Å². The van der Waals surface area contributed by atoms with Crippen LogP contribution in [0.4, 0.5) is 9.59 Å². The molecule has 0 radical (unpaired) electrons. The zero-order chi connectivity index (χ0) is 35.1. The molecule has 2 heterocycles. The minimum atomic E-state index is -0.865. The SMILES string of the molecule is CCOC(=O)N1CCN(C(=O)C(CCCCNC(=O)OCc2ccccc2)NC(=O)c2cc(OC3CCCC3)nc(-c3ccccc3)n2)CC1. The Hall–Kier alpha value is -5.20. The van der Waals surface area contributed by atoms with Crippen LogP contribution in [0.5, 0.6) is 5.88 Å². The molecule has 1 saturated heterocycles. The number of nitrogens with zero attached hydrogens (tertiary/aromatic N) is 4. The van der Waals surface area contributed by atoms with Crippen molar-refractivity contribution in [2.45, 2.75) is 70.6 Å². The molecule has 2 fully saturated rings. The first-order valence-electron chi connectivity index (χ1n) is 17.5. The number of piperazine rings is 1. The maximum Gasteiger partial charge on any atom is 0.409 e. The van der Waals surface area contributed by atoms with Crippen LogP contribution in [0, 0.1) is 0 Å². The van der Waals surface area contributed by atoms with Gasteiger partial charge in [-0.2, -0.15) is 4.98 Å². The number of rotatable bonds is 14. The minimum Gasteiger partial charge on any atom is -0.474 e. The lowest BCUT2D eigenvalue weighted by molar-refractivity contribution is -0.135. The summed E-state index contributed by atoms with van der Waals surface area (Å²) >= 11 is 0. The van der Waals surface area contributed by atoms with Crippen molar-refractivity contribution in [3.05, 3.63) is 78.0 Å². The standard InChI is InChI=1S/C37H46N6O7/c1-2-48-37(47)43-23-21-42(22-24-43)35(45)30(19-11-12-20-38-36(46)49-26-27-13-5-3-6-14-27)40-34(44)31-25-32(50-29-17-9-10-18-29)41-33(39-31)28-15-7-4-8-16-28/h3-8,13-16,25,29-30H,2,9-12,17-24,26H2,1H3,(H,38,46)(H,40,44). The van der Waals surface area contributed by atoms with Gasteiger partial charge in [0.1, 0.15) is 24.4 Å². The molecule has 1 unspecified atom stereocenters. The van der Waals surface area contributed by atoms with Gasteiger partial charge in [-0.25, -0.2) is 14.6 Å². The summed E-state index contributed by atoms with van der Waals surface area (Å²) in [5.74, 6) is -0.0997. The number of nitrogens with one attached hydrogen (secondary N) is 2. The minimum absolute atomic E-state index is 0.0243. The van der Waals surface area contributed by atoms with Crippen molar-refractivity contribution in [3.8, 4) is 17.3 Å². The van der Waals surface area contributed by atoms with E-state index in [0.717, 1.165) is 36.8 Å². The summed E-state index contributed by atoms with van der Waals surface area (Å²) < 4.78 is 16.6. The molecular formula is C37H46N6O7. The van der Waals surface area contributed by atoms with Gasteiger partial charge in [-0.1, -0.05) is 60.7 Å². The van der Waals surface area contributed by atoms with E-state index in [0.29, 0.717) is 63.7 Å². The molecule has 3 aromatic rings. The largest absolute Gasteiger partial charge is 0.474 e. The van der Waals surface area contributed by atoms with E-state index < -0.39 is 24.1 Å². The lowest BCUT2D eigenvalue weighted by Gasteiger charge is -2.36. The number of aromatic nitrogens is 2. The van der Waals surface area contributed by atoms with E-state index in [9.17, 15) is 19.2 Å². The van der Waals surface area contributed by atoms with Crippen molar-refractivity contribution < 1.29 is 33.4 Å². The molecule has 266 valence electrons. The number of hydrogen-bond donors (Lipinski definition) is 2. The molecule has 1 aliphatic heterocycles. The molecule has 13 nitrogen and oxygen atoms in total. The number of hydrogen-bond acceptors (Lipinski definition) is 9. The Morgan fingerprint density at radius 1 is 0.860 bits per heavy atom. The van der Waals surface area contributed by atoms with Crippen LogP contribution < -0.4 is 15.4 Å². The third kappa shape index (κ3) is 10.6. The zero-order valence-corrected chi connectivity index (χ0v) is 28.6. The highest BCUT2D eigenvalue weighted by atomic mass is 16.6. The van der Waals surface area contributed by atoms with Crippen LogP contribution in [0.15, 0.2) is 66.7 Å². The molecule has 50 heavy (non-hydrogen) atoms. The normalized spacial score (nSPS) is 15.2. The fourth-order valence-corrected chi connectivity index (χ4v) is 5.97. The van der Waals surface area contributed by atoms with Crippen LogP contribution in [0.2, 0.25) is 0 Å². The topological polar surface area (TPSA) is 152 Å². The summed E-state index contributed by atoms with van der Waals surface area (Å²) in [7, 11) is 0. The van der Waals surface area contributed by atoms with Gasteiger partial charge in [0, 0.05) is 44.4 Å². The van der Waals surface area contributed by atoms with Crippen molar-refractivity contribution in [1.29, 1.82) is 0 Å². The number of unbranched alkanes of at least 4 members (excludes halogenated alkanes) is 1. The lowest BCUT2D eigenvalue weighted by Crippen LogP contribution is -2.56. The average molecular weight is 687 g/mol. The third-order valence-electron chi connectivity index (χ3n) is 8.68.